The van der Waals surface area contributed by atoms with Crippen molar-refractivity contribution in [3.05, 3.63) is 71.8 Å². The molecule has 0 saturated carbocycles. The highest BCUT2D eigenvalue weighted by Crippen LogP contribution is 2.45. The maximum atomic E-state index is 12.8. The molecule has 0 heterocycles. The fourth-order valence-corrected chi connectivity index (χ4v) is 4.16. The SMILES string of the molecule is NC1CC=CCC1(C(=O)O)C(=O)OCC1c2ccccc2-c2ccccc21. The van der Waals surface area contributed by atoms with E-state index in [0.29, 0.717) is 6.42 Å². The van der Waals surface area contributed by atoms with Gasteiger partial charge in [0.25, 0.3) is 0 Å². The highest BCUT2D eigenvalue weighted by molar-refractivity contribution is 6.00. The summed E-state index contributed by atoms with van der Waals surface area (Å²) in [6.45, 7) is 0.0956. The summed E-state index contributed by atoms with van der Waals surface area (Å²) >= 11 is 0. The van der Waals surface area contributed by atoms with Crippen LogP contribution in [-0.2, 0) is 14.3 Å². The summed E-state index contributed by atoms with van der Waals surface area (Å²) in [7, 11) is 0. The van der Waals surface area contributed by atoms with Gasteiger partial charge in [0.05, 0.1) is 0 Å². The number of aliphatic carboxylic acids is 1. The van der Waals surface area contributed by atoms with E-state index in [-0.39, 0.29) is 18.9 Å². The molecule has 2 aromatic rings. The van der Waals surface area contributed by atoms with Crippen molar-refractivity contribution >= 4 is 11.9 Å². The molecule has 2 atom stereocenters. The van der Waals surface area contributed by atoms with Crippen LogP contribution in [0.25, 0.3) is 11.1 Å². The third-order valence-corrected chi connectivity index (χ3v) is 5.72. The topological polar surface area (TPSA) is 89.6 Å². The van der Waals surface area contributed by atoms with Crippen molar-refractivity contribution < 1.29 is 19.4 Å². The standard InChI is InChI=1S/C22H21NO4/c23-19-11-5-6-12-22(19,20(24)25)21(26)27-13-18-16-9-3-1-7-14(16)15-8-2-4-10-17(15)18/h1-10,18-19H,11-13,23H2,(H,24,25). The van der Waals surface area contributed by atoms with Gasteiger partial charge >= 0.3 is 11.9 Å². The van der Waals surface area contributed by atoms with Gasteiger partial charge in [-0.25, -0.2) is 0 Å². The Kier molecular flexibility index (Phi) is 4.32. The van der Waals surface area contributed by atoms with Crippen LogP contribution in [0.2, 0.25) is 0 Å². The minimum Gasteiger partial charge on any atom is -0.480 e. The quantitative estimate of drug-likeness (QED) is 0.495. The molecule has 138 valence electrons. The Morgan fingerprint density at radius 2 is 1.63 bits per heavy atom. The molecular formula is C22H21NO4. The van der Waals surface area contributed by atoms with Crippen LogP contribution in [0.3, 0.4) is 0 Å². The van der Waals surface area contributed by atoms with E-state index in [9.17, 15) is 14.7 Å². The molecule has 0 amide bonds. The van der Waals surface area contributed by atoms with E-state index in [1.54, 1.807) is 6.08 Å². The molecule has 0 fully saturated rings. The second-order valence-corrected chi connectivity index (χ2v) is 7.12. The van der Waals surface area contributed by atoms with Gasteiger partial charge in [-0.3, -0.25) is 9.59 Å². The number of esters is 1. The first-order chi connectivity index (χ1) is 13.1. The van der Waals surface area contributed by atoms with Crippen molar-refractivity contribution in [2.45, 2.75) is 24.8 Å². The van der Waals surface area contributed by atoms with E-state index >= 15 is 0 Å². The monoisotopic (exact) mass is 363 g/mol. The summed E-state index contributed by atoms with van der Waals surface area (Å²) in [4.78, 5) is 24.7. The highest BCUT2D eigenvalue weighted by Gasteiger charge is 2.53. The average Bonchev–Trinajstić information content (AvgIpc) is 3.00. The first-order valence-electron chi connectivity index (χ1n) is 9.05. The lowest BCUT2D eigenvalue weighted by Crippen LogP contribution is -2.54. The van der Waals surface area contributed by atoms with E-state index in [1.807, 2.05) is 42.5 Å². The van der Waals surface area contributed by atoms with E-state index in [0.717, 1.165) is 22.3 Å². The number of hydrogen-bond acceptors (Lipinski definition) is 4. The minimum absolute atomic E-state index is 0.0557. The first kappa shape index (κ1) is 17.5. The third kappa shape index (κ3) is 2.66. The van der Waals surface area contributed by atoms with Gasteiger partial charge in [0.15, 0.2) is 5.41 Å². The number of rotatable bonds is 4. The molecule has 4 rings (SSSR count). The first-order valence-corrected chi connectivity index (χ1v) is 9.05. The molecule has 0 radical (unpaired) electrons. The van der Waals surface area contributed by atoms with Crippen LogP contribution in [0.1, 0.15) is 29.9 Å². The molecule has 2 aliphatic rings. The third-order valence-electron chi connectivity index (χ3n) is 5.72. The van der Waals surface area contributed by atoms with Crippen molar-refractivity contribution in [3.63, 3.8) is 0 Å². The number of carbonyl (C=O) groups excluding carboxylic acids is 1. The largest absolute Gasteiger partial charge is 0.480 e. The Hall–Kier alpha value is -2.92. The number of carboxylic acid groups (broad SMARTS) is 1. The Morgan fingerprint density at radius 3 is 2.19 bits per heavy atom. The number of hydrogen-bond donors (Lipinski definition) is 2. The van der Waals surface area contributed by atoms with E-state index in [1.165, 1.54) is 0 Å². The van der Waals surface area contributed by atoms with Crippen molar-refractivity contribution in [3.8, 4) is 11.1 Å². The molecule has 2 aliphatic carbocycles. The summed E-state index contributed by atoms with van der Waals surface area (Å²) in [5.74, 6) is -2.09. The number of ether oxygens (including phenoxy) is 1. The van der Waals surface area contributed by atoms with Crippen LogP contribution in [0.15, 0.2) is 60.7 Å². The molecule has 2 aromatic carbocycles. The second kappa shape index (κ2) is 6.67. The summed E-state index contributed by atoms with van der Waals surface area (Å²) in [5, 5.41) is 9.72. The molecular weight excluding hydrogens is 342 g/mol. The van der Waals surface area contributed by atoms with Crippen molar-refractivity contribution in [2.75, 3.05) is 6.61 Å². The predicted octanol–water partition coefficient (Wildman–Crippen LogP) is 3.09. The molecule has 0 aromatic heterocycles. The van der Waals surface area contributed by atoms with Crippen LogP contribution >= 0.6 is 0 Å². The van der Waals surface area contributed by atoms with Crippen LogP contribution in [0.4, 0.5) is 0 Å². The smallest absolute Gasteiger partial charge is 0.325 e. The van der Waals surface area contributed by atoms with Crippen molar-refractivity contribution in [1.82, 2.24) is 0 Å². The zero-order valence-electron chi connectivity index (χ0n) is 14.8. The van der Waals surface area contributed by atoms with Gasteiger partial charge in [-0.05, 0) is 35.1 Å². The Labute approximate surface area is 157 Å². The van der Waals surface area contributed by atoms with Gasteiger partial charge in [-0.1, -0.05) is 60.7 Å². The van der Waals surface area contributed by atoms with Gasteiger partial charge in [-0.2, -0.15) is 0 Å². The average molecular weight is 363 g/mol. The fourth-order valence-electron chi connectivity index (χ4n) is 4.16. The van der Waals surface area contributed by atoms with Gasteiger partial charge in [0.1, 0.15) is 6.61 Å². The molecule has 3 N–H and O–H groups in total. The number of carbonyl (C=O) groups is 2. The Balaban J connectivity index is 1.61. The lowest BCUT2D eigenvalue weighted by molar-refractivity contribution is -0.171. The summed E-state index contributed by atoms with van der Waals surface area (Å²) in [6, 6.07) is 15.2. The highest BCUT2D eigenvalue weighted by atomic mass is 16.5. The normalized spacial score (nSPS) is 23.5. The molecule has 0 spiro atoms. The fraction of sp³-hybridized carbons (Fsp3) is 0.273. The zero-order chi connectivity index (χ0) is 19.0. The molecule has 27 heavy (non-hydrogen) atoms. The van der Waals surface area contributed by atoms with Gasteiger partial charge < -0.3 is 15.6 Å². The molecule has 2 unspecified atom stereocenters. The molecule has 0 saturated heterocycles. The number of nitrogens with two attached hydrogens (primary N) is 1. The van der Waals surface area contributed by atoms with Crippen LogP contribution < -0.4 is 5.73 Å². The minimum atomic E-state index is -1.72. The second-order valence-electron chi connectivity index (χ2n) is 7.12. The summed E-state index contributed by atoms with van der Waals surface area (Å²) < 4.78 is 5.58. The van der Waals surface area contributed by atoms with E-state index in [4.69, 9.17) is 10.5 Å². The number of carboxylic acids is 1. The summed E-state index contributed by atoms with van der Waals surface area (Å²) in [5.41, 5.74) is 8.73. The molecule has 5 nitrogen and oxygen atoms in total. The van der Waals surface area contributed by atoms with E-state index < -0.39 is 23.4 Å². The van der Waals surface area contributed by atoms with Gasteiger partial charge in [-0.15, -0.1) is 0 Å². The van der Waals surface area contributed by atoms with Crippen molar-refractivity contribution in [1.29, 1.82) is 0 Å². The van der Waals surface area contributed by atoms with Gasteiger partial charge in [0.2, 0.25) is 0 Å². The lowest BCUT2D eigenvalue weighted by Gasteiger charge is -2.34. The van der Waals surface area contributed by atoms with Crippen LogP contribution in [0, 0.1) is 5.41 Å². The zero-order valence-corrected chi connectivity index (χ0v) is 14.8. The maximum absolute atomic E-state index is 12.8. The van der Waals surface area contributed by atoms with Crippen molar-refractivity contribution in [2.24, 2.45) is 11.1 Å². The van der Waals surface area contributed by atoms with Crippen LogP contribution in [-0.4, -0.2) is 29.7 Å². The number of allylic oxidation sites excluding steroid dienone is 1. The molecule has 0 bridgehead atoms. The number of benzene rings is 2. The predicted molar refractivity (Wildman–Crippen MR) is 101 cm³/mol. The van der Waals surface area contributed by atoms with E-state index in [2.05, 4.69) is 12.1 Å². The lowest BCUT2D eigenvalue weighted by atomic mass is 9.73. The maximum Gasteiger partial charge on any atom is 0.325 e. The number of fused-ring (bicyclic) bond motifs is 3. The molecule has 0 aliphatic heterocycles. The van der Waals surface area contributed by atoms with Crippen LogP contribution in [0.5, 0.6) is 0 Å². The molecule has 5 heteroatoms. The Morgan fingerprint density at radius 1 is 1.04 bits per heavy atom. The van der Waals surface area contributed by atoms with Gasteiger partial charge in [0, 0.05) is 12.0 Å². The Bertz CT molecular complexity index is 890. The summed E-state index contributed by atoms with van der Waals surface area (Å²) in [6.07, 6.45) is 3.90.